The highest BCUT2D eigenvalue weighted by Gasteiger charge is 2.18. The second-order valence-electron chi connectivity index (χ2n) is 3.73. The topological polar surface area (TPSA) is 86.9 Å². The zero-order valence-electron chi connectivity index (χ0n) is 9.22. The highest BCUT2D eigenvalue weighted by molar-refractivity contribution is 5.54. The van der Waals surface area contributed by atoms with Gasteiger partial charge in [-0.1, -0.05) is 0 Å². The van der Waals surface area contributed by atoms with E-state index in [-0.39, 0.29) is 6.04 Å². The van der Waals surface area contributed by atoms with Gasteiger partial charge in [0, 0.05) is 25.0 Å². The number of rotatable bonds is 2. The van der Waals surface area contributed by atoms with E-state index in [4.69, 9.17) is 5.73 Å². The van der Waals surface area contributed by atoms with Gasteiger partial charge in [0.05, 0.1) is 24.0 Å². The molecule has 0 aliphatic carbocycles. The van der Waals surface area contributed by atoms with Crippen molar-refractivity contribution in [1.29, 1.82) is 0 Å². The van der Waals surface area contributed by atoms with Gasteiger partial charge in [-0.05, 0) is 0 Å². The van der Waals surface area contributed by atoms with Gasteiger partial charge in [0.15, 0.2) is 0 Å². The summed E-state index contributed by atoms with van der Waals surface area (Å²) in [5.41, 5.74) is 7.93. The molecule has 86 valence electrons. The summed E-state index contributed by atoms with van der Waals surface area (Å²) in [6, 6.07) is -0.357. The van der Waals surface area contributed by atoms with Crippen molar-refractivity contribution in [3.8, 4) is 0 Å². The molecule has 3 rings (SSSR count). The Morgan fingerprint density at radius 2 is 2.18 bits per heavy atom. The maximum atomic E-state index is 6.17. The van der Waals surface area contributed by atoms with E-state index in [0.29, 0.717) is 5.82 Å². The van der Waals surface area contributed by atoms with Gasteiger partial charge < -0.3 is 5.73 Å². The molecule has 0 fully saturated rings. The molecule has 0 aliphatic heterocycles. The summed E-state index contributed by atoms with van der Waals surface area (Å²) in [5, 5.41) is 8.23. The third-order valence-electron chi connectivity index (χ3n) is 2.71. The molecule has 3 aromatic rings. The average Bonchev–Trinajstić information content (AvgIpc) is 2.94. The zero-order valence-corrected chi connectivity index (χ0v) is 9.22. The number of aryl methyl sites for hydroxylation is 1. The van der Waals surface area contributed by atoms with Gasteiger partial charge in [0.25, 0.3) is 0 Å². The Morgan fingerprint density at radius 3 is 2.94 bits per heavy atom. The van der Waals surface area contributed by atoms with E-state index in [0.717, 1.165) is 11.1 Å². The third-order valence-corrected chi connectivity index (χ3v) is 2.71. The Labute approximate surface area is 96.9 Å². The van der Waals surface area contributed by atoms with Crippen molar-refractivity contribution in [2.75, 3.05) is 0 Å². The van der Waals surface area contributed by atoms with Crippen LogP contribution < -0.4 is 5.73 Å². The van der Waals surface area contributed by atoms with E-state index in [9.17, 15) is 0 Å². The molecule has 7 nitrogen and oxygen atoms in total. The Bertz CT molecular complexity index is 653. The summed E-state index contributed by atoms with van der Waals surface area (Å²) in [4.78, 5) is 8.22. The van der Waals surface area contributed by atoms with Crippen LogP contribution in [0.2, 0.25) is 0 Å². The van der Waals surface area contributed by atoms with Gasteiger partial charge in [0.2, 0.25) is 0 Å². The SMILES string of the molecule is Cn1ncnc1C(N)c1cnn2ccncc12. The van der Waals surface area contributed by atoms with Crippen molar-refractivity contribution in [1.82, 2.24) is 29.4 Å². The molecule has 1 unspecified atom stereocenters. The summed E-state index contributed by atoms with van der Waals surface area (Å²) in [6.45, 7) is 0. The monoisotopic (exact) mass is 229 g/mol. The first-order valence-electron chi connectivity index (χ1n) is 5.14. The minimum atomic E-state index is -0.357. The van der Waals surface area contributed by atoms with Crippen LogP contribution in [0.15, 0.2) is 31.1 Å². The summed E-state index contributed by atoms with van der Waals surface area (Å²) in [7, 11) is 1.81. The first kappa shape index (κ1) is 9.91. The maximum absolute atomic E-state index is 6.17. The standard InChI is InChI=1S/C10H11N7/c1-16-10(13-6-15-16)9(11)7-4-14-17-3-2-12-5-8(7)17/h2-6,9H,11H2,1H3. The molecule has 0 amide bonds. The van der Waals surface area contributed by atoms with E-state index in [2.05, 4.69) is 20.2 Å². The van der Waals surface area contributed by atoms with Gasteiger partial charge >= 0.3 is 0 Å². The molecule has 0 aliphatic rings. The fourth-order valence-electron chi connectivity index (χ4n) is 1.82. The molecule has 7 heteroatoms. The second-order valence-corrected chi connectivity index (χ2v) is 3.73. The van der Waals surface area contributed by atoms with Gasteiger partial charge in [-0.25, -0.2) is 9.50 Å². The molecule has 3 aromatic heterocycles. The molecule has 1 atom stereocenters. The van der Waals surface area contributed by atoms with Gasteiger partial charge in [0.1, 0.15) is 12.2 Å². The predicted molar refractivity (Wildman–Crippen MR) is 60.0 cm³/mol. The van der Waals surface area contributed by atoms with E-state index in [1.165, 1.54) is 6.33 Å². The third kappa shape index (κ3) is 1.48. The molecule has 0 spiro atoms. The van der Waals surface area contributed by atoms with Crippen LogP contribution in [-0.4, -0.2) is 29.4 Å². The lowest BCUT2D eigenvalue weighted by Gasteiger charge is -2.08. The van der Waals surface area contributed by atoms with Gasteiger partial charge in [-0.2, -0.15) is 10.2 Å². The van der Waals surface area contributed by atoms with Crippen LogP contribution >= 0.6 is 0 Å². The number of aromatic nitrogens is 6. The van der Waals surface area contributed by atoms with Crippen molar-refractivity contribution < 1.29 is 0 Å². The first-order valence-corrected chi connectivity index (χ1v) is 5.14. The summed E-state index contributed by atoms with van der Waals surface area (Å²) in [5.74, 6) is 0.698. The lowest BCUT2D eigenvalue weighted by atomic mass is 10.1. The average molecular weight is 229 g/mol. The largest absolute Gasteiger partial charge is 0.318 e. The lowest BCUT2D eigenvalue weighted by Crippen LogP contribution is -2.17. The van der Waals surface area contributed by atoms with Crippen LogP contribution in [0.1, 0.15) is 17.4 Å². The highest BCUT2D eigenvalue weighted by atomic mass is 15.3. The van der Waals surface area contributed by atoms with Crippen molar-refractivity contribution >= 4 is 5.52 Å². The second kappa shape index (κ2) is 3.63. The molecule has 17 heavy (non-hydrogen) atoms. The van der Waals surface area contributed by atoms with Crippen molar-refractivity contribution in [2.24, 2.45) is 12.8 Å². The Balaban J connectivity index is 2.13. The molecule has 2 N–H and O–H groups in total. The zero-order chi connectivity index (χ0) is 11.8. The van der Waals surface area contributed by atoms with E-state index in [1.807, 2.05) is 7.05 Å². The van der Waals surface area contributed by atoms with Crippen LogP contribution in [-0.2, 0) is 7.05 Å². The number of nitrogens with zero attached hydrogens (tertiary/aromatic N) is 6. The van der Waals surface area contributed by atoms with Crippen molar-refractivity contribution in [3.63, 3.8) is 0 Å². The molecular weight excluding hydrogens is 218 g/mol. The van der Waals surface area contributed by atoms with Crippen LogP contribution in [0.3, 0.4) is 0 Å². The minimum absolute atomic E-state index is 0.357. The van der Waals surface area contributed by atoms with E-state index in [1.54, 1.807) is 34.0 Å². The molecule has 0 aromatic carbocycles. The molecule has 0 saturated heterocycles. The molecule has 0 bridgehead atoms. The Morgan fingerprint density at radius 1 is 1.29 bits per heavy atom. The number of fused-ring (bicyclic) bond motifs is 1. The lowest BCUT2D eigenvalue weighted by molar-refractivity contribution is 0.661. The number of hydrogen-bond donors (Lipinski definition) is 1. The summed E-state index contributed by atoms with van der Waals surface area (Å²) < 4.78 is 3.39. The Kier molecular flexibility index (Phi) is 2.12. The Hall–Kier alpha value is -2.28. The van der Waals surface area contributed by atoms with Crippen LogP contribution in [0.5, 0.6) is 0 Å². The number of hydrogen-bond acceptors (Lipinski definition) is 5. The quantitative estimate of drug-likeness (QED) is 0.663. The van der Waals surface area contributed by atoms with Crippen LogP contribution in [0, 0.1) is 0 Å². The normalized spacial score (nSPS) is 13.1. The smallest absolute Gasteiger partial charge is 0.148 e. The summed E-state index contributed by atoms with van der Waals surface area (Å²) in [6.07, 6.45) is 8.41. The molecule has 0 radical (unpaired) electrons. The maximum Gasteiger partial charge on any atom is 0.148 e. The highest BCUT2D eigenvalue weighted by Crippen LogP contribution is 2.20. The first-order chi connectivity index (χ1) is 8.27. The van der Waals surface area contributed by atoms with Gasteiger partial charge in [-0.15, -0.1) is 0 Å². The van der Waals surface area contributed by atoms with Crippen LogP contribution in [0.4, 0.5) is 0 Å². The molecular formula is C10H11N7. The van der Waals surface area contributed by atoms with Crippen molar-refractivity contribution in [2.45, 2.75) is 6.04 Å². The van der Waals surface area contributed by atoms with Crippen LogP contribution in [0.25, 0.3) is 5.52 Å². The fraction of sp³-hybridized carbons (Fsp3) is 0.200. The van der Waals surface area contributed by atoms with E-state index >= 15 is 0 Å². The fourth-order valence-corrected chi connectivity index (χ4v) is 1.82. The molecule has 0 saturated carbocycles. The van der Waals surface area contributed by atoms with Gasteiger partial charge in [-0.3, -0.25) is 9.67 Å². The number of nitrogens with two attached hydrogens (primary N) is 1. The van der Waals surface area contributed by atoms with E-state index < -0.39 is 0 Å². The predicted octanol–water partition coefficient (Wildman–Crippen LogP) is -0.0941. The molecule has 3 heterocycles. The summed E-state index contributed by atoms with van der Waals surface area (Å²) >= 11 is 0. The van der Waals surface area contributed by atoms with Crippen molar-refractivity contribution in [3.05, 3.63) is 42.5 Å². The minimum Gasteiger partial charge on any atom is -0.318 e.